The molecule has 1 N–H and O–H groups in total. The Labute approximate surface area is 125 Å². The number of hydrogen-bond donors (Lipinski definition) is 1. The van der Waals surface area contributed by atoms with Gasteiger partial charge in [0, 0.05) is 23.9 Å². The van der Waals surface area contributed by atoms with Gasteiger partial charge in [0.1, 0.15) is 18.1 Å². The molecule has 0 amide bonds. The number of ether oxygens (including phenoxy) is 1. The van der Waals surface area contributed by atoms with Crippen LogP contribution in [0.5, 0.6) is 11.5 Å². The van der Waals surface area contributed by atoms with Crippen molar-refractivity contribution in [2.24, 2.45) is 0 Å². The van der Waals surface area contributed by atoms with Crippen LogP contribution in [0.25, 0.3) is 0 Å². The Morgan fingerprint density at radius 1 is 1.19 bits per heavy atom. The highest BCUT2D eigenvalue weighted by atomic mass is 16.5. The lowest BCUT2D eigenvalue weighted by Crippen LogP contribution is -2.30. The number of para-hydroxylation sites is 1. The summed E-state index contributed by atoms with van der Waals surface area (Å²) in [5.74, 6) is 1.06. The summed E-state index contributed by atoms with van der Waals surface area (Å²) in [5.41, 5.74) is 2.38. The molecule has 0 bridgehead atoms. The van der Waals surface area contributed by atoms with Crippen molar-refractivity contribution in [3.05, 3.63) is 54.1 Å². The monoisotopic (exact) mass is 283 g/mol. The zero-order valence-corrected chi connectivity index (χ0v) is 12.3. The highest BCUT2D eigenvalue weighted by molar-refractivity contribution is 5.53. The predicted octanol–water partition coefficient (Wildman–Crippen LogP) is 4.13. The van der Waals surface area contributed by atoms with Crippen LogP contribution in [0.15, 0.2) is 48.5 Å². The van der Waals surface area contributed by atoms with E-state index in [0.29, 0.717) is 6.61 Å². The van der Waals surface area contributed by atoms with Crippen LogP contribution in [0.3, 0.4) is 0 Å². The topological polar surface area (TPSA) is 32.7 Å². The summed E-state index contributed by atoms with van der Waals surface area (Å²) >= 11 is 0. The summed E-state index contributed by atoms with van der Waals surface area (Å²) in [4.78, 5) is 2.41. The third-order valence-electron chi connectivity index (χ3n) is 3.97. The lowest BCUT2D eigenvalue weighted by Gasteiger charge is -2.30. The van der Waals surface area contributed by atoms with Crippen LogP contribution < -0.4 is 9.64 Å². The number of fused-ring (bicyclic) bond motifs is 1. The van der Waals surface area contributed by atoms with Gasteiger partial charge in [0.05, 0.1) is 6.04 Å². The zero-order chi connectivity index (χ0) is 14.7. The Kier molecular flexibility index (Phi) is 4.00. The molecule has 3 nitrogen and oxygen atoms in total. The summed E-state index contributed by atoms with van der Waals surface area (Å²) in [6, 6.07) is 16.1. The highest BCUT2D eigenvalue weighted by Crippen LogP contribution is 2.40. The molecule has 0 fully saturated rings. The number of rotatable bonds is 5. The molecule has 0 radical (unpaired) electrons. The zero-order valence-electron chi connectivity index (χ0n) is 12.3. The normalized spacial score (nSPS) is 16.3. The molecule has 3 heteroatoms. The van der Waals surface area contributed by atoms with E-state index in [4.69, 9.17) is 4.74 Å². The summed E-state index contributed by atoms with van der Waals surface area (Å²) in [5, 5.41) is 9.59. The minimum Gasteiger partial charge on any atom is -0.508 e. The Balaban J connectivity index is 1.92. The molecule has 0 saturated carbocycles. The second kappa shape index (κ2) is 6.08. The molecule has 1 aliphatic rings. The number of phenolic OH excluding ortho intramolecular Hbond substituents is 1. The van der Waals surface area contributed by atoms with Crippen molar-refractivity contribution >= 4 is 5.69 Å². The van der Waals surface area contributed by atoms with Crippen LogP contribution >= 0.6 is 0 Å². The summed E-state index contributed by atoms with van der Waals surface area (Å²) in [7, 11) is 0. The molecule has 21 heavy (non-hydrogen) atoms. The summed E-state index contributed by atoms with van der Waals surface area (Å²) in [6.45, 7) is 3.85. The van der Waals surface area contributed by atoms with Gasteiger partial charge in [0.2, 0.25) is 0 Å². The third-order valence-corrected chi connectivity index (χ3v) is 3.97. The van der Waals surface area contributed by atoms with Crippen molar-refractivity contribution in [3.63, 3.8) is 0 Å². The molecular formula is C18H21NO2. The van der Waals surface area contributed by atoms with Gasteiger partial charge in [-0.2, -0.15) is 0 Å². The Bertz CT molecular complexity index is 597. The molecule has 3 rings (SSSR count). The first kappa shape index (κ1) is 13.8. The molecule has 2 aromatic rings. The van der Waals surface area contributed by atoms with Gasteiger partial charge in [-0.1, -0.05) is 31.5 Å². The first-order valence-electron chi connectivity index (χ1n) is 7.57. The van der Waals surface area contributed by atoms with E-state index >= 15 is 0 Å². The molecule has 1 atom stereocenters. The van der Waals surface area contributed by atoms with E-state index in [1.54, 1.807) is 12.1 Å². The van der Waals surface area contributed by atoms with Gasteiger partial charge in [0.15, 0.2) is 0 Å². The first-order chi connectivity index (χ1) is 10.3. The van der Waals surface area contributed by atoms with Crippen molar-refractivity contribution in [2.75, 3.05) is 18.1 Å². The average molecular weight is 283 g/mol. The van der Waals surface area contributed by atoms with Crippen LogP contribution in [0, 0.1) is 0 Å². The minimum absolute atomic E-state index is 0.217. The highest BCUT2D eigenvalue weighted by Gasteiger charge is 2.29. The van der Waals surface area contributed by atoms with Crippen LogP contribution in [-0.4, -0.2) is 18.3 Å². The molecule has 2 aromatic carbocycles. The molecule has 1 aliphatic heterocycles. The SMILES string of the molecule is CCCCN(c1ccccc1)C1COc2cc(O)ccc21. The molecule has 0 aliphatic carbocycles. The fourth-order valence-electron chi connectivity index (χ4n) is 2.85. The van der Waals surface area contributed by atoms with E-state index in [1.165, 1.54) is 12.1 Å². The van der Waals surface area contributed by atoms with Gasteiger partial charge in [-0.15, -0.1) is 0 Å². The largest absolute Gasteiger partial charge is 0.508 e. The number of benzene rings is 2. The molecule has 1 heterocycles. The summed E-state index contributed by atoms with van der Waals surface area (Å²) in [6.07, 6.45) is 2.32. The van der Waals surface area contributed by atoms with Crippen molar-refractivity contribution in [3.8, 4) is 11.5 Å². The van der Waals surface area contributed by atoms with E-state index in [9.17, 15) is 5.11 Å². The lowest BCUT2D eigenvalue weighted by atomic mass is 10.1. The van der Waals surface area contributed by atoms with E-state index in [-0.39, 0.29) is 11.8 Å². The van der Waals surface area contributed by atoms with Crippen molar-refractivity contribution in [1.29, 1.82) is 0 Å². The van der Waals surface area contributed by atoms with Crippen molar-refractivity contribution < 1.29 is 9.84 Å². The molecule has 0 aromatic heterocycles. The van der Waals surface area contributed by atoms with Crippen molar-refractivity contribution in [1.82, 2.24) is 0 Å². The Morgan fingerprint density at radius 2 is 2.00 bits per heavy atom. The number of phenols is 1. The molecular weight excluding hydrogens is 262 g/mol. The molecule has 1 unspecified atom stereocenters. The number of hydrogen-bond acceptors (Lipinski definition) is 3. The van der Waals surface area contributed by atoms with Gasteiger partial charge >= 0.3 is 0 Å². The van der Waals surface area contributed by atoms with E-state index < -0.39 is 0 Å². The Morgan fingerprint density at radius 3 is 2.76 bits per heavy atom. The van der Waals surface area contributed by atoms with Gasteiger partial charge in [-0.05, 0) is 30.7 Å². The van der Waals surface area contributed by atoms with E-state index in [2.05, 4.69) is 36.1 Å². The first-order valence-corrected chi connectivity index (χ1v) is 7.57. The third kappa shape index (κ3) is 2.82. The molecule has 0 saturated heterocycles. The minimum atomic E-state index is 0.217. The lowest BCUT2D eigenvalue weighted by molar-refractivity contribution is 0.324. The van der Waals surface area contributed by atoms with E-state index in [1.807, 2.05) is 12.1 Å². The summed E-state index contributed by atoms with van der Waals surface area (Å²) < 4.78 is 5.77. The number of unbranched alkanes of at least 4 members (excludes halogenated alkanes) is 1. The fraction of sp³-hybridized carbons (Fsp3) is 0.333. The van der Waals surface area contributed by atoms with Gasteiger partial charge in [-0.3, -0.25) is 0 Å². The maximum absolute atomic E-state index is 9.59. The standard InChI is InChI=1S/C18H21NO2/c1-2-3-11-19(14-7-5-4-6-8-14)17-13-21-18-12-15(20)9-10-16(17)18/h4-10,12,17,20H,2-3,11,13H2,1H3. The predicted molar refractivity (Wildman–Crippen MR) is 85.0 cm³/mol. The molecule has 0 spiro atoms. The maximum Gasteiger partial charge on any atom is 0.128 e. The van der Waals surface area contributed by atoms with Crippen LogP contribution in [-0.2, 0) is 0 Å². The van der Waals surface area contributed by atoms with Crippen LogP contribution in [0.2, 0.25) is 0 Å². The average Bonchev–Trinajstić information content (AvgIpc) is 2.92. The second-order valence-electron chi connectivity index (χ2n) is 5.43. The second-order valence-corrected chi connectivity index (χ2v) is 5.43. The number of anilines is 1. The Hall–Kier alpha value is -2.16. The molecule has 110 valence electrons. The van der Waals surface area contributed by atoms with Gasteiger partial charge in [-0.25, -0.2) is 0 Å². The van der Waals surface area contributed by atoms with Crippen LogP contribution in [0.1, 0.15) is 31.4 Å². The van der Waals surface area contributed by atoms with E-state index in [0.717, 1.165) is 24.3 Å². The quantitative estimate of drug-likeness (QED) is 0.895. The van der Waals surface area contributed by atoms with Gasteiger partial charge < -0.3 is 14.7 Å². The maximum atomic E-state index is 9.59. The van der Waals surface area contributed by atoms with Crippen LogP contribution in [0.4, 0.5) is 5.69 Å². The van der Waals surface area contributed by atoms with Gasteiger partial charge in [0.25, 0.3) is 0 Å². The smallest absolute Gasteiger partial charge is 0.128 e. The number of nitrogens with zero attached hydrogens (tertiary/aromatic N) is 1. The number of aromatic hydroxyl groups is 1. The van der Waals surface area contributed by atoms with Crippen molar-refractivity contribution in [2.45, 2.75) is 25.8 Å². The fourth-order valence-corrected chi connectivity index (χ4v) is 2.85.